The highest BCUT2D eigenvalue weighted by Gasteiger charge is 2.53. The topological polar surface area (TPSA) is 121 Å². The van der Waals surface area contributed by atoms with Crippen LogP contribution in [0.4, 0.5) is 5.69 Å². The number of carboxylic acid groups (broad SMARTS) is 1. The fraction of sp³-hybridized carbons (Fsp3) is 0.160. The molecule has 1 aliphatic rings. The van der Waals surface area contributed by atoms with Gasteiger partial charge in [-0.1, -0.05) is 41.9 Å². The SMILES string of the molecule is NC(=O)C(C(=O)c1ccc(O)cc1)(c1ccc(Cl)cc1)N1CCC(C(=O)O)c2ccccc21. The number of rotatable bonds is 6. The first-order chi connectivity index (χ1) is 15.8. The maximum atomic E-state index is 14.1. The number of aliphatic carboxylic acids is 1. The Balaban J connectivity index is 2.00. The maximum Gasteiger partial charge on any atom is 0.311 e. The van der Waals surface area contributed by atoms with Gasteiger partial charge < -0.3 is 20.8 Å². The third kappa shape index (κ3) is 3.70. The lowest BCUT2D eigenvalue weighted by Gasteiger charge is -2.46. The lowest BCUT2D eigenvalue weighted by molar-refractivity contribution is -0.139. The Morgan fingerprint density at radius 3 is 2.21 bits per heavy atom. The summed E-state index contributed by atoms with van der Waals surface area (Å²) in [5, 5.41) is 19.8. The molecule has 4 N–H and O–H groups in total. The third-order valence-electron chi connectivity index (χ3n) is 6.02. The van der Waals surface area contributed by atoms with Crippen molar-refractivity contribution in [1.82, 2.24) is 0 Å². The fourth-order valence-corrected chi connectivity index (χ4v) is 4.60. The summed E-state index contributed by atoms with van der Waals surface area (Å²) >= 11 is 6.07. The first-order valence-electron chi connectivity index (χ1n) is 10.3. The molecule has 33 heavy (non-hydrogen) atoms. The van der Waals surface area contributed by atoms with Crippen molar-refractivity contribution in [3.63, 3.8) is 0 Å². The first-order valence-corrected chi connectivity index (χ1v) is 10.6. The van der Waals surface area contributed by atoms with Crippen molar-refractivity contribution in [2.24, 2.45) is 5.73 Å². The van der Waals surface area contributed by atoms with Crippen molar-refractivity contribution in [2.45, 2.75) is 17.9 Å². The Morgan fingerprint density at radius 2 is 1.61 bits per heavy atom. The third-order valence-corrected chi connectivity index (χ3v) is 6.28. The number of carbonyl (C=O) groups is 3. The minimum Gasteiger partial charge on any atom is -0.508 e. The first kappa shape index (κ1) is 22.4. The van der Waals surface area contributed by atoms with E-state index in [2.05, 4.69) is 0 Å². The molecule has 0 bridgehead atoms. The molecule has 8 heteroatoms. The predicted octanol–water partition coefficient (Wildman–Crippen LogP) is 3.69. The summed E-state index contributed by atoms with van der Waals surface area (Å²) < 4.78 is 0. The Labute approximate surface area is 195 Å². The van der Waals surface area contributed by atoms with Gasteiger partial charge in [0.05, 0.1) is 5.92 Å². The van der Waals surface area contributed by atoms with E-state index in [1.165, 1.54) is 24.3 Å². The molecule has 4 rings (SSSR count). The number of primary amides is 1. The molecule has 2 unspecified atom stereocenters. The summed E-state index contributed by atoms with van der Waals surface area (Å²) in [4.78, 5) is 40.8. The van der Waals surface area contributed by atoms with Crippen molar-refractivity contribution < 1.29 is 24.6 Å². The zero-order valence-corrected chi connectivity index (χ0v) is 18.2. The second-order valence-electron chi connectivity index (χ2n) is 7.85. The van der Waals surface area contributed by atoms with Crippen molar-refractivity contribution >= 4 is 34.9 Å². The number of anilines is 1. The molecular weight excluding hydrogens is 444 g/mol. The number of hydrogen-bond acceptors (Lipinski definition) is 5. The second-order valence-corrected chi connectivity index (χ2v) is 8.28. The van der Waals surface area contributed by atoms with Crippen LogP contribution in [-0.2, 0) is 15.1 Å². The number of nitrogens with zero attached hydrogens (tertiary/aromatic N) is 1. The zero-order valence-electron chi connectivity index (χ0n) is 17.4. The highest BCUT2D eigenvalue weighted by Crippen LogP contribution is 2.44. The number of phenolic OH excluding ortho intramolecular Hbond substituents is 1. The van der Waals surface area contributed by atoms with E-state index >= 15 is 0 Å². The van der Waals surface area contributed by atoms with E-state index in [1.54, 1.807) is 53.4 Å². The Bertz CT molecular complexity index is 1230. The van der Waals surface area contributed by atoms with Crippen molar-refractivity contribution in [3.05, 3.63) is 94.5 Å². The van der Waals surface area contributed by atoms with Gasteiger partial charge in [0, 0.05) is 22.8 Å². The minimum absolute atomic E-state index is 0.0321. The Hall–Kier alpha value is -3.84. The van der Waals surface area contributed by atoms with Crippen molar-refractivity contribution in [2.75, 3.05) is 11.4 Å². The smallest absolute Gasteiger partial charge is 0.311 e. The molecule has 3 aromatic rings. The monoisotopic (exact) mass is 464 g/mol. The number of benzene rings is 3. The van der Waals surface area contributed by atoms with Crippen LogP contribution >= 0.6 is 11.6 Å². The standard InChI is InChI=1S/C25H21ClN2O5/c26-17-9-7-16(8-10-17)25(24(27)33,22(30)15-5-11-18(29)12-6-15)28-14-13-20(23(31)32)19-3-1-2-4-21(19)28/h1-12,20,29H,13-14H2,(H2,27,33)(H,31,32). The minimum atomic E-state index is -1.97. The number of amides is 1. The molecule has 1 heterocycles. The van der Waals surface area contributed by atoms with Gasteiger partial charge in [0.15, 0.2) is 0 Å². The molecular formula is C25H21ClN2O5. The van der Waals surface area contributed by atoms with Crippen molar-refractivity contribution in [1.29, 1.82) is 0 Å². The van der Waals surface area contributed by atoms with Gasteiger partial charge in [-0.25, -0.2) is 0 Å². The van der Waals surface area contributed by atoms with Crippen LogP contribution in [0.25, 0.3) is 0 Å². The van der Waals surface area contributed by atoms with Gasteiger partial charge in [0.25, 0.3) is 5.91 Å². The van der Waals surface area contributed by atoms with E-state index in [4.69, 9.17) is 17.3 Å². The molecule has 0 saturated heterocycles. The number of hydrogen-bond donors (Lipinski definition) is 3. The van der Waals surface area contributed by atoms with Crippen LogP contribution in [0, 0.1) is 0 Å². The van der Waals surface area contributed by atoms with Gasteiger partial charge in [-0.2, -0.15) is 0 Å². The molecule has 0 aliphatic carbocycles. The number of aromatic hydroxyl groups is 1. The summed E-state index contributed by atoms with van der Waals surface area (Å²) in [6, 6.07) is 18.6. The van der Waals surface area contributed by atoms with Crippen LogP contribution in [0.5, 0.6) is 5.75 Å². The molecule has 0 fully saturated rings. The number of nitrogens with two attached hydrogens (primary N) is 1. The quantitative estimate of drug-likeness (QED) is 0.378. The number of carbonyl (C=O) groups excluding carboxylic acids is 2. The molecule has 0 radical (unpaired) electrons. The molecule has 0 spiro atoms. The van der Waals surface area contributed by atoms with Crippen LogP contribution < -0.4 is 10.6 Å². The van der Waals surface area contributed by atoms with Crippen LogP contribution in [0.15, 0.2) is 72.8 Å². The molecule has 0 aromatic heterocycles. The summed E-state index contributed by atoms with van der Waals surface area (Å²) in [6.45, 7) is 0.101. The van der Waals surface area contributed by atoms with Crippen LogP contribution in [0.2, 0.25) is 5.02 Å². The van der Waals surface area contributed by atoms with Gasteiger partial charge in [0.1, 0.15) is 5.75 Å². The number of carboxylic acids is 1. The summed E-state index contributed by atoms with van der Waals surface area (Å²) in [5.74, 6) is -3.30. The highest BCUT2D eigenvalue weighted by molar-refractivity contribution is 6.30. The molecule has 2 atom stereocenters. The van der Waals surface area contributed by atoms with E-state index in [0.717, 1.165) is 0 Å². The zero-order chi connectivity index (χ0) is 23.8. The summed E-state index contributed by atoms with van der Waals surface area (Å²) in [5.41, 5.74) is 5.43. The van der Waals surface area contributed by atoms with Gasteiger partial charge in [-0.15, -0.1) is 0 Å². The van der Waals surface area contributed by atoms with Gasteiger partial charge in [0.2, 0.25) is 11.3 Å². The van der Waals surface area contributed by atoms with Gasteiger partial charge >= 0.3 is 5.97 Å². The average Bonchev–Trinajstić information content (AvgIpc) is 2.80. The number of para-hydroxylation sites is 1. The predicted molar refractivity (Wildman–Crippen MR) is 124 cm³/mol. The fourth-order valence-electron chi connectivity index (χ4n) is 4.48. The number of Topliss-reactive ketones (excluding diaryl/α,β-unsaturated/α-hetero) is 1. The van der Waals surface area contributed by atoms with Crippen LogP contribution in [0.1, 0.15) is 33.8 Å². The molecule has 7 nitrogen and oxygen atoms in total. The van der Waals surface area contributed by atoms with E-state index in [1.807, 2.05) is 0 Å². The molecule has 1 amide bonds. The normalized spacial score (nSPS) is 17.0. The molecule has 0 saturated carbocycles. The number of fused-ring (bicyclic) bond motifs is 1. The lowest BCUT2D eigenvalue weighted by atomic mass is 9.77. The van der Waals surface area contributed by atoms with E-state index in [9.17, 15) is 24.6 Å². The lowest BCUT2D eigenvalue weighted by Crippen LogP contribution is -2.62. The van der Waals surface area contributed by atoms with Gasteiger partial charge in [-0.05, 0) is 60.0 Å². The van der Waals surface area contributed by atoms with E-state index < -0.39 is 29.1 Å². The Morgan fingerprint density at radius 1 is 0.970 bits per heavy atom. The van der Waals surface area contributed by atoms with Gasteiger partial charge in [-0.3, -0.25) is 14.4 Å². The second kappa shape index (κ2) is 8.60. The number of phenols is 1. The summed E-state index contributed by atoms with van der Waals surface area (Å²) in [6.07, 6.45) is 0.178. The molecule has 3 aromatic carbocycles. The largest absolute Gasteiger partial charge is 0.508 e. The number of halogens is 1. The molecule has 168 valence electrons. The van der Waals surface area contributed by atoms with E-state index in [-0.39, 0.29) is 24.3 Å². The number of ketones is 1. The highest BCUT2D eigenvalue weighted by atomic mass is 35.5. The van der Waals surface area contributed by atoms with Crippen LogP contribution in [-0.4, -0.2) is 34.4 Å². The van der Waals surface area contributed by atoms with Crippen LogP contribution in [0.3, 0.4) is 0 Å². The van der Waals surface area contributed by atoms with Crippen molar-refractivity contribution in [3.8, 4) is 5.75 Å². The Kier molecular flexibility index (Phi) is 5.82. The molecule has 1 aliphatic heterocycles. The maximum absolute atomic E-state index is 14.1. The van der Waals surface area contributed by atoms with E-state index in [0.29, 0.717) is 21.8 Å². The summed E-state index contributed by atoms with van der Waals surface area (Å²) in [7, 11) is 0. The average molecular weight is 465 g/mol.